The van der Waals surface area contributed by atoms with Crippen LogP contribution in [0.1, 0.15) is 20.8 Å². The molecule has 0 amide bonds. The predicted molar refractivity (Wildman–Crippen MR) is 44.8 cm³/mol. The van der Waals surface area contributed by atoms with Crippen molar-refractivity contribution in [2.75, 3.05) is 6.66 Å². The Balaban J connectivity index is 4.30. The normalized spacial score (nSPS) is 12.0. The zero-order chi connectivity index (χ0) is 9.07. The van der Waals surface area contributed by atoms with Crippen LogP contribution in [0, 0.1) is 5.41 Å². The lowest BCUT2D eigenvalue weighted by molar-refractivity contribution is -0.148. The van der Waals surface area contributed by atoms with Gasteiger partial charge in [0, 0.05) is 0 Å². The Hall–Kier alpha value is -0.430. The maximum atomic E-state index is 11.1. The minimum absolute atomic E-state index is 0.103. The number of rotatable bonds is 3. The first kappa shape index (κ1) is 10.6. The molecular formula is C7H13O3P. The highest BCUT2D eigenvalue weighted by atomic mass is 31.1. The molecule has 0 N–H and O–H groups in total. The number of hydrogen-bond donors (Lipinski definition) is 0. The molecule has 0 saturated carbocycles. The molecule has 0 bridgehead atoms. The summed E-state index contributed by atoms with van der Waals surface area (Å²) in [5.41, 5.74) is -0.983. The number of Topliss-reactive ketones (excluding diaryl/α,β-unsaturated/α-hetero) is 1. The summed E-state index contributed by atoms with van der Waals surface area (Å²) in [7, 11) is 0.103. The van der Waals surface area contributed by atoms with Crippen LogP contribution in [0.5, 0.6) is 0 Å². The van der Waals surface area contributed by atoms with Crippen LogP contribution in [0.25, 0.3) is 0 Å². The summed E-state index contributed by atoms with van der Waals surface area (Å²) in [5.74, 6) is -0.605. The molecule has 0 aliphatic carbocycles. The number of carbonyl (C=O) groups is 2. The van der Waals surface area contributed by atoms with Crippen LogP contribution in [0.2, 0.25) is 0 Å². The summed E-state index contributed by atoms with van der Waals surface area (Å²) in [4.78, 5) is 22.0. The van der Waals surface area contributed by atoms with Crippen molar-refractivity contribution in [3.05, 3.63) is 0 Å². The molecule has 0 aromatic carbocycles. The van der Waals surface area contributed by atoms with Gasteiger partial charge in [0.1, 0.15) is 11.2 Å². The average Bonchev–Trinajstić information content (AvgIpc) is 1.88. The summed E-state index contributed by atoms with van der Waals surface area (Å²) in [6, 6.07) is 0. The van der Waals surface area contributed by atoms with Crippen molar-refractivity contribution in [1.29, 1.82) is 0 Å². The second-order valence-corrected chi connectivity index (χ2v) is 3.39. The third kappa shape index (κ3) is 2.58. The second-order valence-electron chi connectivity index (χ2n) is 2.77. The largest absolute Gasteiger partial charge is 0.448 e. The van der Waals surface area contributed by atoms with E-state index in [4.69, 9.17) is 4.52 Å². The Morgan fingerprint density at radius 3 is 2.09 bits per heavy atom. The highest BCUT2D eigenvalue weighted by Crippen LogP contribution is 2.22. The first-order chi connectivity index (χ1) is 4.92. The van der Waals surface area contributed by atoms with E-state index in [0.717, 1.165) is 0 Å². The number of carbonyl (C=O) groups excluding carboxylic acids is 2. The first-order valence-electron chi connectivity index (χ1n) is 3.32. The van der Waals surface area contributed by atoms with Crippen molar-refractivity contribution in [2.45, 2.75) is 20.8 Å². The molecule has 0 rings (SSSR count). The van der Waals surface area contributed by atoms with E-state index in [2.05, 4.69) is 0 Å². The van der Waals surface area contributed by atoms with E-state index in [0.29, 0.717) is 0 Å². The van der Waals surface area contributed by atoms with Crippen LogP contribution in [-0.4, -0.2) is 18.4 Å². The van der Waals surface area contributed by atoms with Gasteiger partial charge in [0.2, 0.25) is 0 Å². The van der Waals surface area contributed by atoms with Gasteiger partial charge in [0.25, 0.3) is 0 Å². The Morgan fingerprint density at radius 2 is 1.82 bits per heavy atom. The molecule has 0 aromatic heterocycles. The van der Waals surface area contributed by atoms with E-state index in [9.17, 15) is 9.59 Å². The van der Waals surface area contributed by atoms with Gasteiger partial charge in [-0.25, -0.2) is 0 Å². The summed E-state index contributed by atoms with van der Waals surface area (Å²) in [6.07, 6.45) is 0. The van der Waals surface area contributed by atoms with Gasteiger partial charge in [-0.1, -0.05) is 0 Å². The molecule has 0 aromatic rings. The summed E-state index contributed by atoms with van der Waals surface area (Å²) in [5, 5.41) is 0. The highest BCUT2D eigenvalue weighted by molar-refractivity contribution is 7.31. The maximum Gasteiger partial charge on any atom is 0.321 e. The molecule has 3 nitrogen and oxygen atoms in total. The van der Waals surface area contributed by atoms with Gasteiger partial charge in [-0.15, -0.1) is 0 Å². The lowest BCUT2D eigenvalue weighted by Crippen LogP contribution is -2.31. The lowest BCUT2D eigenvalue weighted by atomic mass is 9.89. The molecule has 4 heteroatoms. The second kappa shape index (κ2) is 3.82. The van der Waals surface area contributed by atoms with Gasteiger partial charge < -0.3 is 4.52 Å². The van der Waals surface area contributed by atoms with Crippen molar-refractivity contribution in [2.24, 2.45) is 5.41 Å². The van der Waals surface area contributed by atoms with Crippen molar-refractivity contribution in [3.8, 4) is 0 Å². The standard InChI is InChI=1S/C7H13O3P/c1-5(8)7(2,3)6(9)10-11-4/h11H,1-4H3. The Labute approximate surface area is 68.4 Å². The average molecular weight is 176 g/mol. The maximum absolute atomic E-state index is 11.1. The molecule has 11 heavy (non-hydrogen) atoms. The van der Waals surface area contributed by atoms with Gasteiger partial charge in [-0.3, -0.25) is 9.59 Å². The molecule has 0 heterocycles. The molecule has 1 atom stereocenters. The van der Waals surface area contributed by atoms with Crippen LogP contribution in [0.4, 0.5) is 0 Å². The summed E-state index contributed by atoms with van der Waals surface area (Å²) < 4.78 is 4.74. The van der Waals surface area contributed by atoms with Crippen LogP contribution in [0.15, 0.2) is 0 Å². The summed E-state index contributed by atoms with van der Waals surface area (Å²) >= 11 is 0. The highest BCUT2D eigenvalue weighted by Gasteiger charge is 2.34. The van der Waals surface area contributed by atoms with Gasteiger partial charge >= 0.3 is 5.97 Å². The lowest BCUT2D eigenvalue weighted by Gasteiger charge is -2.17. The molecule has 0 aliphatic rings. The molecule has 0 spiro atoms. The molecule has 64 valence electrons. The monoisotopic (exact) mass is 176 g/mol. The zero-order valence-corrected chi connectivity index (χ0v) is 8.22. The third-order valence-electron chi connectivity index (χ3n) is 1.59. The summed E-state index contributed by atoms with van der Waals surface area (Å²) in [6.45, 7) is 6.27. The van der Waals surface area contributed by atoms with Crippen molar-refractivity contribution in [3.63, 3.8) is 0 Å². The molecule has 0 fully saturated rings. The van der Waals surface area contributed by atoms with Crippen LogP contribution in [-0.2, 0) is 14.1 Å². The molecule has 0 aliphatic heterocycles. The van der Waals surface area contributed by atoms with E-state index < -0.39 is 11.4 Å². The van der Waals surface area contributed by atoms with E-state index in [1.54, 1.807) is 20.5 Å². The first-order valence-corrected chi connectivity index (χ1v) is 4.72. The van der Waals surface area contributed by atoms with E-state index >= 15 is 0 Å². The number of hydrogen-bond acceptors (Lipinski definition) is 3. The topological polar surface area (TPSA) is 43.4 Å². The van der Waals surface area contributed by atoms with Gasteiger partial charge in [-0.2, -0.15) is 0 Å². The zero-order valence-electron chi connectivity index (χ0n) is 7.22. The Kier molecular flexibility index (Phi) is 3.67. The van der Waals surface area contributed by atoms with E-state index in [1.165, 1.54) is 6.92 Å². The van der Waals surface area contributed by atoms with Crippen molar-refractivity contribution < 1.29 is 14.1 Å². The molecule has 1 unspecified atom stereocenters. The van der Waals surface area contributed by atoms with Crippen LogP contribution >= 0.6 is 8.81 Å². The van der Waals surface area contributed by atoms with Gasteiger partial charge in [0.05, 0.1) is 8.81 Å². The van der Waals surface area contributed by atoms with Crippen LogP contribution in [0.3, 0.4) is 0 Å². The smallest absolute Gasteiger partial charge is 0.321 e. The predicted octanol–water partition coefficient (Wildman–Crippen LogP) is 1.37. The SMILES string of the molecule is CPOC(=O)C(C)(C)C(C)=O. The van der Waals surface area contributed by atoms with Crippen molar-refractivity contribution in [1.82, 2.24) is 0 Å². The molecular weight excluding hydrogens is 163 g/mol. The minimum Gasteiger partial charge on any atom is -0.448 e. The molecule has 0 radical (unpaired) electrons. The fourth-order valence-corrected chi connectivity index (χ4v) is 0.805. The minimum atomic E-state index is -0.983. The third-order valence-corrected chi connectivity index (χ3v) is 1.97. The number of ketones is 1. The Morgan fingerprint density at radius 1 is 1.36 bits per heavy atom. The Bertz CT molecular complexity index is 175. The van der Waals surface area contributed by atoms with Gasteiger partial charge in [-0.05, 0) is 27.4 Å². The quantitative estimate of drug-likeness (QED) is 0.481. The van der Waals surface area contributed by atoms with Gasteiger partial charge in [0.15, 0.2) is 0 Å². The molecule has 0 saturated heterocycles. The van der Waals surface area contributed by atoms with Crippen molar-refractivity contribution >= 4 is 20.6 Å². The fraction of sp³-hybridized carbons (Fsp3) is 0.714. The fourth-order valence-electron chi connectivity index (χ4n) is 0.364. The van der Waals surface area contributed by atoms with Crippen LogP contribution < -0.4 is 0 Å². The van der Waals surface area contributed by atoms with E-state index in [1.807, 2.05) is 0 Å². The van der Waals surface area contributed by atoms with E-state index in [-0.39, 0.29) is 14.6 Å².